The summed E-state index contributed by atoms with van der Waals surface area (Å²) in [5, 5.41) is 39.4. The summed E-state index contributed by atoms with van der Waals surface area (Å²) in [5.74, 6) is 0.216. The van der Waals surface area contributed by atoms with E-state index in [9.17, 15) is 15.3 Å². The first-order valence-electron chi connectivity index (χ1n) is 7.25. The summed E-state index contributed by atoms with van der Waals surface area (Å²) in [4.78, 5) is 8.12. The Morgan fingerprint density at radius 3 is 2.92 bits per heavy atom. The molecule has 3 heterocycles. The van der Waals surface area contributed by atoms with Gasteiger partial charge in [-0.25, -0.2) is 9.97 Å². The number of aliphatic hydroxyl groups excluding tert-OH is 2. The quantitative estimate of drug-likeness (QED) is 0.552. The lowest BCUT2D eigenvalue weighted by atomic mass is 9.96. The van der Waals surface area contributed by atoms with Crippen LogP contribution in [0.5, 0.6) is 0 Å². The molecule has 2 aromatic rings. The molecule has 0 aromatic carbocycles. The minimum absolute atomic E-state index is 0.216. The average Bonchev–Trinajstić information content (AvgIpc) is 3.02. The highest BCUT2D eigenvalue weighted by Crippen LogP contribution is 2.40. The van der Waals surface area contributed by atoms with Crippen molar-refractivity contribution in [2.45, 2.75) is 31.0 Å². The number of nitrogens with zero attached hydrogens (tertiary/aromatic N) is 4. The fourth-order valence-electron chi connectivity index (χ4n) is 2.96. The van der Waals surface area contributed by atoms with Crippen LogP contribution >= 0.6 is 0 Å². The van der Waals surface area contributed by atoms with Gasteiger partial charge >= 0.3 is 0 Å². The van der Waals surface area contributed by atoms with Crippen molar-refractivity contribution in [1.29, 1.82) is 5.26 Å². The summed E-state index contributed by atoms with van der Waals surface area (Å²) in [6.45, 7) is 0.977. The van der Waals surface area contributed by atoms with Gasteiger partial charge in [0, 0.05) is 17.8 Å². The van der Waals surface area contributed by atoms with Gasteiger partial charge in [-0.2, -0.15) is 5.26 Å². The van der Waals surface area contributed by atoms with Gasteiger partial charge in [0.2, 0.25) is 0 Å². The third-order valence-corrected chi connectivity index (χ3v) is 4.19. The molecule has 0 unspecified atom stereocenters. The third kappa shape index (κ3) is 2.33. The predicted molar refractivity (Wildman–Crippen MR) is 84.2 cm³/mol. The van der Waals surface area contributed by atoms with Crippen LogP contribution in [0.1, 0.15) is 18.7 Å². The van der Waals surface area contributed by atoms with Gasteiger partial charge in [-0.1, -0.05) is 0 Å². The molecule has 9 nitrogen and oxygen atoms in total. The molecule has 1 aliphatic heterocycles. The zero-order chi connectivity index (χ0) is 17.5. The molecule has 1 saturated heterocycles. The molecule has 4 atom stereocenters. The van der Waals surface area contributed by atoms with E-state index in [1.165, 1.54) is 23.9 Å². The van der Waals surface area contributed by atoms with Crippen molar-refractivity contribution in [1.82, 2.24) is 14.5 Å². The number of nitriles is 1. The zero-order valence-corrected chi connectivity index (χ0v) is 12.9. The zero-order valence-electron chi connectivity index (χ0n) is 12.9. The largest absolute Gasteiger partial charge is 0.394 e. The van der Waals surface area contributed by atoms with Gasteiger partial charge in [0.05, 0.1) is 18.1 Å². The summed E-state index contributed by atoms with van der Waals surface area (Å²) in [7, 11) is 0. The Hall–Kier alpha value is -2.51. The van der Waals surface area contributed by atoms with Crippen molar-refractivity contribution in [2.75, 3.05) is 12.3 Å². The maximum absolute atomic E-state index is 10.6. The van der Waals surface area contributed by atoms with Crippen molar-refractivity contribution in [2.24, 2.45) is 0 Å². The second-order valence-electron chi connectivity index (χ2n) is 5.79. The topological polar surface area (TPSA) is 150 Å². The van der Waals surface area contributed by atoms with Gasteiger partial charge in [-0.05, 0) is 13.0 Å². The molecular formula is C15H17N5O4. The van der Waals surface area contributed by atoms with Crippen LogP contribution in [0.4, 0.5) is 5.82 Å². The van der Waals surface area contributed by atoms with Crippen LogP contribution in [-0.4, -0.2) is 54.3 Å². The molecule has 24 heavy (non-hydrogen) atoms. The van der Waals surface area contributed by atoms with Gasteiger partial charge in [-0.15, -0.1) is 0 Å². The molecule has 1 fully saturated rings. The molecule has 5 N–H and O–H groups in total. The summed E-state index contributed by atoms with van der Waals surface area (Å²) >= 11 is 0. The van der Waals surface area contributed by atoms with Crippen LogP contribution in [-0.2, 0) is 4.74 Å². The first-order valence-corrected chi connectivity index (χ1v) is 7.25. The molecule has 3 rings (SSSR count). The monoisotopic (exact) mass is 331 g/mol. The fourth-order valence-corrected chi connectivity index (χ4v) is 2.96. The number of ether oxygens (including phenoxy) is 1. The Morgan fingerprint density at radius 1 is 1.54 bits per heavy atom. The number of allylic oxidation sites excluding steroid dienone is 1. The second-order valence-corrected chi connectivity index (χ2v) is 5.79. The number of aliphatic hydroxyl groups is 3. The number of hydrogen-bond donors (Lipinski definition) is 4. The molecule has 0 bridgehead atoms. The maximum Gasteiger partial charge on any atom is 0.167 e. The van der Waals surface area contributed by atoms with Crippen LogP contribution in [0.3, 0.4) is 0 Å². The second kappa shape index (κ2) is 5.85. The smallest absolute Gasteiger partial charge is 0.167 e. The number of hydrogen-bond acceptors (Lipinski definition) is 8. The lowest BCUT2D eigenvalue weighted by molar-refractivity contribution is -0.0948. The van der Waals surface area contributed by atoms with Crippen LogP contribution < -0.4 is 5.73 Å². The molecule has 2 aromatic heterocycles. The van der Waals surface area contributed by atoms with Gasteiger partial charge < -0.3 is 30.4 Å². The molecule has 0 saturated carbocycles. The molecule has 9 heteroatoms. The van der Waals surface area contributed by atoms with Crippen LogP contribution in [0, 0.1) is 11.3 Å². The maximum atomic E-state index is 10.6. The normalized spacial score (nSPS) is 30.2. The van der Waals surface area contributed by atoms with Crippen molar-refractivity contribution in [3.8, 4) is 6.07 Å². The Labute approximate surface area is 137 Å². The van der Waals surface area contributed by atoms with Gasteiger partial charge in [0.25, 0.3) is 0 Å². The van der Waals surface area contributed by atoms with Gasteiger partial charge in [0.15, 0.2) is 6.23 Å². The van der Waals surface area contributed by atoms with Crippen LogP contribution in [0.2, 0.25) is 0 Å². The standard InChI is InChI=1S/C15H17N5O4/c1-15(23)11(22)9(6-21)24-14(15)20-5-8(3-2-4-16)10-12(17)18-7-19-13(10)20/h2-3,5,7,9,11,14,21-23H,6H2,1H3,(H2,17,18,19)/t9-,11-,14-,15-/m1/s1. The van der Waals surface area contributed by atoms with E-state index in [4.69, 9.17) is 15.7 Å². The summed E-state index contributed by atoms with van der Waals surface area (Å²) in [6, 6.07) is 1.89. The number of fused-ring (bicyclic) bond motifs is 1. The van der Waals surface area contributed by atoms with Crippen molar-refractivity contribution in [3.63, 3.8) is 0 Å². The van der Waals surface area contributed by atoms with Crippen molar-refractivity contribution >= 4 is 22.9 Å². The molecule has 1 aliphatic rings. The summed E-state index contributed by atoms with van der Waals surface area (Å²) in [6.07, 6.45) is 2.50. The van der Waals surface area contributed by atoms with E-state index >= 15 is 0 Å². The van der Waals surface area contributed by atoms with E-state index < -0.39 is 30.6 Å². The highest BCUT2D eigenvalue weighted by Gasteiger charge is 2.53. The third-order valence-electron chi connectivity index (χ3n) is 4.19. The number of anilines is 1. The summed E-state index contributed by atoms with van der Waals surface area (Å²) in [5.41, 5.74) is 5.22. The number of rotatable bonds is 3. The highest BCUT2D eigenvalue weighted by molar-refractivity contribution is 5.94. The average molecular weight is 331 g/mol. The minimum atomic E-state index is -1.66. The Bertz CT molecular complexity index is 838. The fraction of sp³-hybridized carbons (Fsp3) is 0.400. The molecule has 0 spiro atoms. The number of aromatic nitrogens is 3. The van der Waals surface area contributed by atoms with E-state index in [2.05, 4.69) is 9.97 Å². The van der Waals surface area contributed by atoms with E-state index in [-0.39, 0.29) is 5.82 Å². The van der Waals surface area contributed by atoms with E-state index in [1.54, 1.807) is 12.3 Å². The highest BCUT2D eigenvalue weighted by atomic mass is 16.6. The SMILES string of the molecule is C[C@@]1(O)[C@H](O)[C@@H](CO)O[C@H]1n1cc(C=CC#N)c2c(N)ncnc21. The van der Waals surface area contributed by atoms with E-state index in [1.807, 2.05) is 6.07 Å². The van der Waals surface area contributed by atoms with E-state index in [0.29, 0.717) is 16.6 Å². The van der Waals surface area contributed by atoms with Crippen molar-refractivity contribution in [3.05, 3.63) is 24.2 Å². The number of nitrogen functional groups attached to an aromatic ring is 1. The minimum Gasteiger partial charge on any atom is -0.394 e. The summed E-state index contributed by atoms with van der Waals surface area (Å²) < 4.78 is 7.13. The van der Waals surface area contributed by atoms with Gasteiger partial charge in [-0.3, -0.25) is 0 Å². The van der Waals surface area contributed by atoms with Crippen LogP contribution in [0.25, 0.3) is 17.1 Å². The van der Waals surface area contributed by atoms with Gasteiger partial charge in [0.1, 0.15) is 35.6 Å². The Balaban J connectivity index is 2.19. The van der Waals surface area contributed by atoms with E-state index in [0.717, 1.165) is 0 Å². The molecular weight excluding hydrogens is 314 g/mol. The lowest BCUT2D eigenvalue weighted by Gasteiger charge is -2.27. The lowest BCUT2D eigenvalue weighted by Crippen LogP contribution is -2.44. The molecule has 0 aliphatic carbocycles. The first kappa shape index (κ1) is 16.4. The Morgan fingerprint density at radius 2 is 2.29 bits per heavy atom. The predicted octanol–water partition coefficient (Wildman–Crippen LogP) is -0.448. The molecule has 126 valence electrons. The Kier molecular flexibility index (Phi) is 3.98. The molecule has 0 amide bonds. The molecule has 0 radical (unpaired) electrons. The van der Waals surface area contributed by atoms with Crippen LogP contribution in [0.15, 0.2) is 18.6 Å². The van der Waals surface area contributed by atoms with Crippen molar-refractivity contribution < 1.29 is 20.1 Å². The first-order chi connectivity index (χ1) is 11.4. The number of nitrogens with two attached hydrogens (primary N) is 1.